The Morgan fingerprint density at radius 2 is 1.94 bits per heavy atom. The van der Waals surface area contributed by atoms with Gasteiger partial charge >= 0.3 is 0 Å². The molecule has 0 saturated carbocycles. The van der Waals surface area contributed by atoms with Crippen molar-refractivity contribution in [2.45, 2.75) is 38.9 Å². The Morgan fingerprint density at radius 3 is 2.69 bits per heavy atom. The van der Waals surface area contributed by atoms with Crippen molar-refractivity contribution in [1.29, 1.82) is 0 Å². The molecular formula is C26H28FN3O2. The van der Waals surface area contributed by atoms with Crippen LogP contribution >= 0.6 is 0 Å². The summed E-state index contributed by atoms with van der Waals surface area (Å²) in [6, 6.07) is 17.5. The first-order valence-corrected chi connectivity index (χ1v) is 10.8. The van der Waals surface area contributed by atoms with Gasteiger partial charge in [0.05, 0.1) is 5.69 Å². The standard InChI is InChI=1S/C26H28FN3O2/c1-26(2,3)29-25(31)24-21-16-19(27)11-12-23(21)32-15-14-30(24)17-18-8-4-5-9-20(18)22-10-6-7-13-28-22/h4-13,16,24H,14-15,17H2,1-3H3,(H,29,31). The van der Waals surface area contributed by atoms with Crippen molar-refractivity contribution in [2.75, 3.05) is 13.2 Å². The molecule has 0 spiro atoms. The molecule has 1 atom stereocenters. The molecule has 0 fully saturated rings. The number of ether oxygens (including phenoxy) is 1. The number of pyridine rings is 1. The predicted molar refractivity (Wildman–Crippen MR) is 123 cm³/mol. The molecule has 0 saturated heterocycles. The molecule has 6 heteroatoms. The summed E-state index contributed by atoms with van der Waals surface area (Å²) in [6.07, 6.45) is 1.77. The van der Waals surface area contributed by atoms with Crippen LogP contribution < -0.4 is 10.1 Å². The average Bonchev–Trinajstić information content (AvgIpc) is 2.92. The number of halogens is 1. The van der Waals surface area contributed by atoms with Crippen molar-refractivity contribution in [1.82, 2.24) is 15.2 Å². The first-order chi connectivity index (χ1) is 15.3. The topological polar surface area (TPSA) is 54.5 Å². The number of nitrogens with zero attached hydrogens (tertiary/aromatic N) is 2. The molecule has 2 aromatic carbocycles. The Kier molecular flexibility index (Phi) is 6.24. The fraction of sp³-hybridized carbons (Fsp3) is 0.308. The monoisotopic (exact) mass is 433 g/mol. The Morgan fingerprint density at radius 1 is 1.16 bits per heavy atom. The van der Waals surface area contributed by atoms with Gasteiger partial charge in [-0.2, -0.15) is 0 Å². The molecule has 1 unspecified atom stereocenters. The minimum Gasteiger partial charge on any atom is -0.492 e. The van der Waals surface area contributed by atoms with Crippen LogP contribution in [-0.4, -0.2) is 34.5 Å². The van der Waals surface area contributed by atoms with Crippen molar-refractivity contribution in [3.05, 3.63) is 83.8 Å². The van der Waals surface area contributed by atoms with E-state index in [0.29, 0.717) is 31.0 Å². The van der Waals surface area contributed by atoms with E-state index >= 15 is 0 Å². The van der Waals surface area contributed by atoms with E-state index in [9.17, 15) is 9.18 Å². The summed E-state index contributed by atoms with van der Waals surface area (Å²) < 4.78 is 20.1. The third-order valence-corrected chi connectivity index (χ3v) is 5.35. The van der Waals surface area contributed by atoms with E-state index in [1.807, 2.05) is 68.1 Å². The zero-order valence-electron chi connectivity index (χ0n) is 18.6. The van der Waals surface area contributed by atoms with Crippen LogP contribution in [0.25, 0.3) is 11.3 Å². The van der Waals surface area contributed by atoms with Crippen molar-refractivity contribution < 1.29 is 13.9 Å². The predicted octanol–water partition coefficient (Wildman–Crippen LogP) is 4.74. The first kappa shape index (κ1) is 22.0. The van der Waals surface area contributed by atoms with Gasteiger partial charge in [0.1, 0.15) is 24.2 Å². The van der Waals surface area contributed by atoms with E-state index in [1.54, 1.807) is 12.3 Å². The molecule has 3 aromatic rings. The van der Waals surface area contributed by atoms with Gasteiger partial charge in [-0.15, -0.1) is 0 Å². The van der Waals surface area contributed by atoms with Gasteiger partial charge in [-0.05, 0) is 56.7 Å². The van der Waals surface area contributed by atoms with Crippen molar-refractivity contribution >= 4 is 5.91 Å². The van der Waals surface area contributed by atoms with Gasteiger partial charge in [0.25, 0.3) is 0 Å². The molecule has 1 aliphatic rings. The second kappa shape index (κ2) is 9.09. The Labute approximate surface area is 188 Å². The first-order valence-electron chi connectivity index (χ1n) is 10.8. The van der Waals surface area contributed by atoms with Crippen LogP contribution in [0.2, 0.25) is 0 Å². The lowest BCUT2D eigenvalue weighted by Crippen LogP contribution is -2.47. The number of carbonyl (C=O) groups is 1. The van der Waals surface area contributed by atoms with Crippen molar-refractivity contribution in [3.63, 3.8) is 0 Å². The van der Waals surface area contributed by atoms with Crippen molar-refractivity contribution in [2.24, 2.45) is 0 Å². The molecule has 0 radical (unpaired) electrons. The summed E-state index contributed by atoms with van der Waals surface area (Å²) in [5.41, 5.74) is 3.04. The number of fused-ring (bicyclic) bond motifs is 1. The number of carbonyl (C=O) groups excluding carboxylic acids is 1. The highest BCUT2D eigenvalue weighted by Crippen LogP contribution is 2.35. The summed E-state index contributed by atoms with van der Waals surface area (Å²) >= 11 is 0. The van der Waals surface area contributed by atoms with Crippen LogP contribution in [0.3, 0.4) is 0 Å². The lowest BCUT2D eigenvalue weighted by Gasteiger charge is -2.32. The average molecular weight is 434 g/mol. The van der Waals surface area contributed by atoms with Crippen LogP contribution in [0.1, 0.15) is 37.9 Å². The van der Waals surface area contributed by atoms with Gasteiger partial charge in [0, 0.05) is 36.0 Å². The maximum atomic E-state index is 14.2. The van der Waals surface area contributed by atoms with Crippen LogP contribution in [-0.2, 0) is 11.3 Å². The number of aromatic nitrogens is 1. The number of nitrogens with one attached hydrogen (secondary N) is 1. The zero-order valence-corrected chi connectivity index (χ0v) is 18.6. The molecule has 166 valence electrons. The molecule has 5 nitrogen and oxygen atoms in total. The normalized spacial score (nSPS) is 16.6. The van der Waals surface area contributed by atoms with E-state index in [0.717, 1.165) is 16.8 Å². The summed E-state index contributed by atoms with van der Waals surface area (Å²) in [7, 11) is 0. The highest BCUT2D eigenvalue weighted by atomic mass is 19.1. The molecular weight excluding hydrogens is 405 g/mol. The zero-order chi connectivity index (χ0) is 22.7. The van der Waals surface area contributed by atoms with E-state index in [4.69, 9.17) is 4.74 Å². The Balaban J connectivity index is 1.75. The smallest absolute Gasteiger partial charge is 0.242 e. The third-order valence-electron chi connectivity index (χ3n) is 5.35. The largest absolute Gasteiger partial charge is 0.492 e. The fourth-order valence-corrected chi connectivity index (χ4v) is 4.03. The molecule has 1 aliphatic heterocycles. The van der Waals surface area contributed by atoms with Gasteiger partial charge in [-0.1, -0.05) is 30.3 Å². The molecule has 1 aromatic heterocycles. The molecule has 2 heterocycles. The maximum Gasteiger partial charge on any atom is 0.242 e. The van der Waals surface area contributed by atoms with Gasteiger partial charge in [0.2, 0.25) is 5.91 Å². The number of benzene rings is 2. The highest BCUT2D eigenvalue weighted by Gasteiger charge is 2.34. The lowest BCUT2D eigenvalue weighted by atomic mass is 9.98. The Hall–Kier alpha value is -3.25. The lowest BCUT2D eigenvalue weighted by molar-refractivity contribution is -0.128. The number of hydrogen-bond donors (Lipinski definition) is 1. The van der Waals surface area contributed by atoms with Crippen molar-refractivity contribution in [3.8, 4) is 17.0 Å². The number of amides is 1. The van der Waals surface area contributed by atoms with Crippen LogP contribution in [0.4, 0.5) is 4.39 Å². The van der Waals surface area contributed by atoms with E-state index in [2.05, 4.69) is 10.3 Å². The summed E-state index contributed by atoms with van der Waals surface area (Å²) in [5, 5.41) is 3.07. The second-order valence-electron chi connectivity index (χ2n) is 9.01. The SMILES string of the molecule is CC(C)(C)NC(=O)C1c2cc(F)ccc2OCCN1Cc1ccccc1-c1ccccn1. The van der Waals surface area contributed by atoms with E-state index in [1.165, 1.54) is 12.1 Å². The van der Waals surface area contributed by atoms with Gasteiger partial charge in [-0.3, -0.25) is 14.7 Å². The quantitative estimate of drug-likeness (QED) is 0.646. The fourth-order valence-electron chi connectivity index (χ4n) is 4.03. The second-order valence-corrected chi connectivity index (χ2v) is 9.01. The summed E-state index contributed by atoms with van der Waals surface area (Å²) in [6.45, 7) is 7.23. The summed E-state index contributed by atoms with van der Waals surface area (Å²) in [4.78, 5) is 20.0. The number of rotatable bonds is 4. The summed E-state index contributed by atoms with van der Waals surface area (Å²) in [5.74, 6) is -0.0252. The van der Waals surface area contributed by atoms with E-state index < -0.39 is 17.4 Å². The minimum atomic E-state index is -0.681. The molecule has 1 N–H and O–H groups in total. The van der Waals surface area contributed by atoms with Crippen LogP contribution in [0.5, 0.6) is 5.75 Å². The van der Waals surface area contributed by atoms with Gasteiger partial charge in [-0.25, -0.2) is 4.39 Å². The van der Waals surface area contributed by atoms with Gasteiger partial charge in [0.15, 0.2) is 0 Å². The van der Waals surface area contributed by atoms with Crippen LogP contribution in [0.15, 0.2) is 66.9 Å². The highest BCUT2D eigenvalue weighted by molar-refractivity contribution is 5.84. The third kappa shape index (κ3) is 4.97. The molecule has 4 rings (SSSR count). The molecule has 32 heavy (non-hydrogen) atoms. The maximum absolute atomic E-state index is 14.2. The Bertz CT molecular complexity index is 1100. The minimum absolute atomic E-state index is 0.176. The van der Waals surface area contributed by atoms with Gasteiger partial charge < -0.3 is 10.1 Å². The molecule has 0 aliphatic carbocycles. The number of hydrogen-bond acceptors (Lipinski definition) is 4. The van der Waals surface area contributed by atoms with Crippen LogP contribution in [0, 0.1) is 5.82 Å². The van der Waals surface area contributed by atoms with E-state index in [-0.39, 0.29) is 5.91 Å². The molecule has 1 amide bonds. The molecule has 0 bridgehead atoms.